The SMILES string of the molecule is OC[C@H]1[C@H]2CN(C3CCN(c4ccc5c(c4)OCO5)CC3)C[C@]23CNC[C@H]1O3. The molecule has 0 unspecified atom stereocenters. The zero-order chi connectivity index (χ0) is 18.7. The van der Waals surface area contributed by atoms with Crippen LogP contribution in [0.1, 0.15) is 12.8 Å². The molecule has 0 saturated carbocycles. The van der Waals surface area contributed by atoms with Crippen LogP contribution >= 0.6 is 0 Å². The van der Waals surface area contributed by atoms with E-state index in [-0.39, 0.29) is 24.2 Å². The Bertz CT molecular complexity index is 753. The maximum atomic E-state index is 9.93. The average molecular weight is 387 g/mol. The van der Waals surface area contributed by atoms with Crippen LogP contribution in [0.4, 0.5) is 5.69 Å². The standard InChI is InChI=1S/C21H29N3O4/c25-10-16-17-9-24(12-21(17)11-22-8-20(16)28-21)14-3-5-23(6-4-14)15-1-2-18-19(7-15)27-13-26-18/h1-2,7,14,16-17,20,22,25H,3-6,8-13H2/t16-,17+,20+,21+/m0/s1. The van der Waals surface area contributed by atoms with Gasteiger partial charge in [-0.05, 0) is 25.0 Å². The summed E-state index contributed by atoms with van der Waals surface area (Å²) in [5, 5.41) is 13.5. The highest BCUT2D eigenvalue weighted by Crippen LogP contribution is 2.48. The van der Waals surface area contributed by atoms with Gasteiger partial charge < -0.3 is 29.5 Å². The molecule has 0 aliphatic carbocycles. The number of aliphatic hydroxyl groups excluding tert-OH is 1. The molecule has 5 aliphatic heterocycles. The van der Waals surface area contributed by atoms with Crippen molar-refractivity contribution in [3.05, 3.63) is 18.2 Å². The van der Waals surface area contributed by atoms with Gasteiger partial charge in [-0.1, -0.05) is 0 Å². The lowest BCUT2D eigenvalue weighted by Gasteiger charge is -2.40. The second kappa shape index (κ2) is 6.49. The molecule has 2 bridgehead atoms. The Hall–Kier alpha value is -1.54. The highest BCUT2D eigenvalue weighted by molar-refractivity contribution is 5.57. The number of aliphatic hydroxyl groups is 1. The van der Waals surface area contributed by atoms with E-state index in [1.165, 1.54) is 5.69 Å². The highest BCUT2D eigenvalue weighted by Gasteiger charge is 2.61. The summed E-state index contributed by atoms with van der Waals surface area (Å²) in [6.45, 7) is 6.58. The summed E-state index contributed by atoms with van der Waals surface area (Å²) in [5.41, 5.74) is 1.15. The van der Waals surface area contributed by atoms with Gasteiger partial charge >= 0.3 is 0 Å². The van der Waals surface area contributed by atoms with E-state index < -0.39 is 0 Å². The number of likely N-dealkylation sites (tertiary alicyclic amines) is 1. The van der Waals surface area contributed by atoms with Crippen molar-refractivity contribution in [2.75, 3.05) is 57.6 Å². The van der Waals surface area contributed by atoms with Gasteiger partial charge in [-0.3, -0.25) is 4.90 Å². The third-order valence-electron chi connectivity index (χ3n) is 7.64. The molecular formula is C21H29N3O4. The normalized spacial score (nSPS) is 37.5. The summed E-state index contributed by atoms with van der Waals surface area (Å²) in [6.07, 6.45) is 2.52. The average Bonchev–Trinajstić information content (AvgIpc) is 3.38. The molecule has 28 heavy (non-hydrogen) atoms. The molecular weight excluding hydrogens is 358 g/mol. The summed E-state index contributed by atoms with van der Waals surface area (Å²) in [4.78, 5) is 5.10. The van der Waals surface area contributed by atoms with Gasteiger partial charge in [0, 0.05) is 75.5 Å². The van der Waals surface area contributed by atoms with E-state index in [0.717, 1.165) is 63.6 Å². The van der Waals surface area contributed by atoms with Gasteiger partial charge in [0.25, 0.3) is 0 Å². The predicted molar refractivity (Wildman–Crippen MR) is 104 cm³/mol. The monoisotopic (exact) mass is 387 g/mol. The zero-order valence-electron chi connectivity index (χ0n) is 16.2. The molecule has 1 spiro atoms. The van der Waals surface area contributed by atoms with Crippen LogP contribution in [0.25, 0.3) is 0 Å². The number of anilines is 1. The van der Waals surface area contributed by atoms with Crippen molar-refractivity contribution >= 4 is 5.69 Å². The fourth-order valence-electron chi connectivity index (χ4n) is 6.18. The van der Waals surface area contributed by atoms with Gasteiger partial charge in [-0.25, -0.2) is 0 Å². The van der Waals surface area contributed by atoms with Crippen molar-refractivity contribution in [1.82, 2.24) is 10.2 Å². The van der Waals surface area contributed by atoms with Crippen LogP contribution in [0.3, 0.4) is 0 Å². The minimum Gasteiger partial charge on any atom is -0.454 e. The molecule has 7 nitrogen and oxygen atoms in total. The van der Waals surface area contributed by atoms with Crippen molar-refractivity contribution in [2.24, 2.45) is 11.8 Å². The molecule has 0 radical (unpaired) electrons. The minimum atomic E-state index is -0.0786. The number of nitrogens with zero attached hydrogens (tertiary/aromatic N) is 2. The lowest BCUT2D eigenvalue weighted by molar-refractivity contribution is -0.0769. The van der Waals surface area contributed by atoms with E-state index in [4.69, 9.17) is 14.2 Å². The molecule has 7 heteroatoms. The van der Waals surface area contributed by atoms with E-state index >= 15 is 0 Å². The molecule has 1 aromatic carbocycles. The Kier molecular flexibility index (Phi) is 4.01. The predicted octanol–water partition coefficient (Wildman–Crippen LogP) is 0.665. The maximum Gasteiger partial charge on any atom is 0.231 e. The Morgan fingerprint density at radius 1 is 1.18 bits per heavy atom. The summed E-state index contributed by atoms with van der Waals surface area (Å²) >= 11 is 0. The van der Waals surface area contributed by atoms with Gasteiger partial charge in [0.1, 0.15) is 0 Å². The molecule has 0 aromatic heterocycles. The summed E-state index contributed by atoms with van der Waals surface area (Å²) in [7, 11) is 0. The van der Waals surface area contributed by atoms with Gasteiger partial charge in [-0.2, -0.15) is 0 Å². The lowest BCUT2D eigenvalue weighted by atomic mass is 9.83. The van der Waals surface area contributed by atoms with Crippen LogP contribution in [-0.2, 0) is 4.74 Å². The van der Waals surface area contributed by atoms with Crippen LogP contribution in [0.2, 0.25) is 0 Å². The van der Waals surface area contributed by atoms with Gasteiger partial charge in [-0.15, -0.1) is 0 Å². The second-order valence-corrected chi connectivity index (χ2v) is 8.99. The molecule has 2 N–H and O–H groups in total. The number of morpholine rings is 1. The molecule has 4 fully saturated rings. The Morgan fingerprint density at radius 2 is 2.04 bits per heavy atom. The number of nitrogens with one attached hydrogen (secondary N) is 1. The van der Waals surface area contributed by atoms with E-state index in [0.29, 0.717) is 18.8 Å². The van der Waals surface area contributed by atoms with Crippen LogP contribution in [-0.4, -0.2) is 80.4 Å². The van der Waals surface area contributed by atoms with E-state index in [1.807, 2.05) is 6.07 Å². The molecule has 6 rings (SSSR count). The summed E-state index contributed by atoms with van der Waals surface area (Å²) in [5.74, 6) is 2.45. The zero-order valence-corrected chi connectivity index (χ0v) is 16.2. The number of hydrogen-bond acceptors (Lipinski definition) is 7. The first-order valence-corrected chi connectivity index (χ1v) is 10.6. The molecule has 4 atom stereocenters. The first-order chi connectivity index (χ1) is 13.8. The molecule has 5 heterocycles. The molecule has 0 amide bonds. The molecule has 5 aliphatic rings. The maximum absolute atomic E-state index is 9.93. The second-order valence-electron chi connectivity index (χ2n) is 8.99. The fraction of sp³-hybridized carbons (Fsp3) is 0.714. The fourth-order valence-corrected chi connectivity index (χ4v) is 6.18. The van der Waals surface area contributed by atoms with Gasteiger partial charge in [0.15, 0.2) is 11.5 Å². The van der Waals surface area contributed by atoms with Crippen LogP contribution in [0.5, 0.6) is 11.5 Å². The number of rotatable bonds is 3. The van der Waals surface area contributed by atoms with Gasteiger partial charge in [0.2, 0.25) is 6.79 Å². The molecule has 152 valence electrons. The van der Waals surface area contributed by atoms with E-state index in [2.05, 4.69) is 27.2 Å². The minimum absolute atomic E-state index is 0.0786. The van der Waals surface area contributed by atoms with Crippen LogP contribution in [0.15, 0.2) is 18.2 Å². The highest BCUT2D eigenvalue weighted by atomic mass is 16.7. The molecule has 4 saturated heterocycles. The van der Waals surface area contributed by atoms with Crippen LogP contribution in [0, 0.1) is 11.8 Å². The van der Waals surface area contributed by atoms with Gasteiger partial charge in [0.05, 0.1) is 11.7 Å². The third kappa shape index (κ3) is 2.56. The summed E-state index contributed by atoms with van der Waals surface area (Å²) in [6, 6.07) is 6.87. The van der Waals surface area contributed by atoms with E-state index in [9.17, 15) is 5.11 Å². The third-order valence-corrected chi connectivity index (χ3v) is 7.64. The van der Waals surface area contributed by atoms with E-state index in [1.54, 1.807) is 0 Å². The number of ether oxygens (including phenoxy) is 3. The number of hydrogen-bond donors (Lipinski definition) is 2. The largest absolute Gasteiger partial charge is 0.454 e. The van der Waals surface area contributed by atoms with Crippen molar-refractivity contribution in [1.29, 1.82) is 0 Å². The van der Waals surface area contributed by atoms with Crippen molar-refractivity contribution in [3.63, 3.8) is 0 Å². The van der Waals surface area contributed by atoms with Crippen LogP contribution < -0.4 is 19.7 Å². The topological polar surface area (TPSA) is 66.4 Å². The number of fused-ring (bicyclic) bond motifs is 2. The number of piperidine rings is 1. The first-order valence-electron chi connectivity index (χ1n) is 10.6. The Balaban J connectivity index is 1.12. The van der Waals surface area contributed by atoms with Crippen molar-refractivity contribution in [3.8, 4) is 11.5 Å². The quantitative estimate of drug-likeness (QED) is 0.790. The molecule has 1 aromatic rings. The van der Waals surface area contributed by atoms with Crippen molar-refractivity contribution in [2.45, 2.75) is 30.6 Å². The number of benzene rings is 1. The first kappa shape index (κ1) is 17.3. The Morgan fingerprint density at radius 3 is 2.89 bits per heavy atom. The smallest absolute Gasteiger partial charge is 0.231 e. The summed E-state index contributed by atoms with van der Waals surface area (Å²) < 4.78 is 17.4. The lowest BCUT2D eigenvalue weighted by Crippen LogP contribution is -2.53. The Labute approximate surface area is 165 Å². The van der Waals surface area contributed by atoms with Crippen molar-refractivity contribution < 1.29 is 19.3 Å².